The third-order valence-electron chi connectivity index (χ3n) is 2.91. The highest BCUT2D eigenvalue weighted by Crippen LogP contribution is 2.18. The summed E-state index contributed by atoms with van der Waals surface area (Å²) in [6.45, 7) is 8.15. The predicted octanol–water partition coefficient (Wildman–Crippen LogP) is 2.89. The van der Waals surface area contributed by atoms with Crippen LogP contribution in [0.4, 0.5) is 4.79 Å². The lowest BCUT2D eigenvalue weighted by molar-refractivity contribution is -0.137. The number of rotatable bonds is 9. The molecule has 1 aromatic rings. The van der Waals surface area contributed by atoms with Gasteiger partial charge in [0, 0.05) is 7.50 Å². The Labute approximate surface area is 137 Å². The average Bonchev–Trinajstić information content (AvgIpc) is 2.55. The Bertz CT molecular complexity index is 516. The van der Waals surface area contributed by atoms with Crippen LogP contribution >= 0.6 is 0 Å². The molecule has 0 saturated heterocycles. The summed E-state index contributed by atoms with van der Waals surface area (Å²) in [4.78, 5) is 22.1. The first-order valence-corrected chi connectivity index (χ1v) is 7.45. The van der Waals surface area contributed by atoms with E-state index in [1.54, 1.807) is 0 Å². The van der Waals surface area contributed by atoms with Crippen LogP contribution in [-0.2, 0) is 14.3 Å². The lowest BCUT2D eigenvalue weighted by Crippen LogP contribution is -2.29. The zero-order chi connectivity index (χ0) is 17.1. The molecular weight excluding hydrogens is 298 g/mol. The van der Waals surface area contributed by atoms with Crippen LogP contribution in [-0.4, -0.2) is 38.4 Å². The Hall–Kier alpha value is -2.50. The van der Waals surface area contributed by atoms with Crippen molar-refractivity contribution in [2.75, 3.05) is 26.4 Å². The fourth-order valence-electron chi connectivity index (χ4n) is 1.66. The Morgan fingerprint density at radius 1 is 1.17 bits per heavy atom. The monoisotopic (exact) mass is 323 g/mol. The van der Waals surface area contributed by atoms with Gasteiger partial charge in [0.25, 0.3) is 0 Å². The van der Waals surface area contributed by atoms with Gasteiger partial charge in [-0.2, -0.15) is 0 Å². The fourth-order valence-corrected chi connectivity index (χ4v) is 1.66. The number of ether oxygens (including phenoxy) is 3. The van der Waals surface area contributed by atoms with Crippen LogP contribution in [0.1, 0.15) is 26.8 Å². The van der Waals surface area contributed by atoms with Gasteiger partial charge in [-0.3, -0.25) is 0 Å². The molecule has 6 heteroatoms. The van der Waals surface area contributed by atoms with E-state index < -0.39 is 12.1 Å². The van der Waals surface area contributed by atoms with Gasteiger partial charge in [-0.1, -0.05) is 32.6 Å². The molecule has 0 bridgehead atoms. The average molecular weight is 323 g/mol. The van der Waals surface area contributed by atoms with Crippen LogP contribution in [0, 0.1) is 0 Å². The molecule has 0 saturated carbocycles. The topological polar surface area (TPSA) is 73.9 Å². The van der Waals surface area contributed by atoms with E-state index in [0.717, 1.165) is 11.8 Å². The van der Waals surface area contributed by atoms with E-state index in [1.807, 2.05) is 24.3 Å². The molecule has 0 radical (unpaired) electrons. The number of carbonyl (C=O) groups excluding carboxylic acids is 2. The van der Waals surface area contributed by atoms with Gasteiger partial charge in [-0.25, -0.2) is 9.59 Å². The molecule has 0 aliphatic heterocycles. The lowest BCUT2D eigenvalue weighted by atomic mass is 10.0. The lowest BCUT2D eigenvalue weighted by Gasteiger charge is -2.10. The highest BCUT2D eigenvalue weighted by Gasteiger charge is 2.03. The van der Waals surface area contributed by atoms with Crippen LogP contribution < -0.4 is 10.1 Å². The summed E-state index contributed by atoms with van der Waals surface area (Å²) >= 11 is 0. The smallest absolute Gasteiger partial charge is 0.407 e. The summed E-state index contributed by atoms with van der Waals surface area (Å²) in [7, 11) is 0. The standard InChI is InChI=1S/C17H23NO5.H2/c1-4-16(19)22-10-9-18-17(20)23-12-11-21-15-7-5-14(6-8-15)13(2)3;/h4-8,13H,1,9-12H2,2-3H3,(H,18,20);1H. The van der Waals surface area contributed by atoms with Crippen molar-refractivity contribution in [1.82, 2.24) is 5.32 Å². The molecule has 1 amide bonds. The van der Waals surface area contributed by atoms with Crippen LogP contribution in [0.5, 0.6) is 5.75 Å². The van der Waals surface area contributed by atoms with Crippen molar-refractivity contribution in [2.24, 2.45) is 0 Å². The molecule has 0 aliphatic rings. The summed E-state index contributed by atoms with van der Waals surface area (Å²) < 4.78 is 15.1. The Balaban J connectivity index is 0.00000529. The summed E-state index contributed by atoms with van der Waals surface area (Å²) in [6.07, 6.45) is 0.474. The number of hydrogen-bond acceptors (Lipinski definition) is 5. The van der Waals surface area contributed by atoms with Crippen molar-refractivity contribution in [3.63, 3.8) is 0 Å². The summed E-state index contributed by atoms with van der Waals surface area (Å²) in [5.41, 5.74) is 1.24. The summed E-state index contributed by atoms with van der Waals surface area (Å²) in [6, 6.07) is 7.81. The van der Waals surface area contributed by atoms with E-state index in [-0.39, 0.29) is 27.8 Å². The molecule has 1 N–H and O–H groups in total. The summed E-state index contributed by atoms with van der Waals surface area (Å²) in [5, 5.41) is 2.45. The number of esters is 1. The van der Waals surface area contributed by atoms with E-state index in [4.69, 9.17) is 14.2 Å². The highest BCUT2D eigenvalue weighted by molar-refractivity contribution is 5.81. The minimum absolute atomic E-state index is 0. The van der Waals surface area contributed by atoms with E-state index in [2.05, 4.69) is 25.7 Å². The zero-order valence-electron chi connectivity index (χ0n) is 13.5. The second-order valence-electron chi connectivity index (χ2n) is 5.01. The van der Waals surface area contributed by atoms with Gasteiger partial charge in [-0.15, -0.1) is 0 Å². The SMILES string of the molecule is C=CC(=O)OCCNC(=O)OCCOc1ccc(C(C)C)cc1.[HH]. The maximum Gasteiger partial charge on any atom is 0.407 e. The second kappa shape index (κ2) is 10.3. The molecule has 0 spiro atoms. The van der Waals surface area contributed by atoms with Crippen LogP contribution in [0.15, 0.2) is 36.9 Å². The largest absolute Gasteiger partial charge is 0.490 e. The van der Waals surface area contributed by atoms with Gasteiger partial charge in [0.1, 0.15) is 25.6 Å². The third kappa shape index (κ3) is 7.90. The Kier molecular flexibility index (Phi) is 8.28. The number of amides is 1. The molecule has 0 heterocycles. The molecular formula is C17H25NO5. The van der Waals surface area contributed by atoms with Crippen molar-refractivity contribution >= 4 is 12.1 Å². The molecule has 0 aromatic heterocycles. The van der Waals surface area contributed by atoms with Crippen molar-refractivity contribution < 1.29 is 25.2 Å². The molecule has 0 aliphatic carbocycles. The van der Waals surface area contributed by atoms with Crippen molar-refractivity contribution in [3.05, 3.63) is 42.5 Å². The van der Waals surface area contributed by atoms with E-state index in [9.17, 15) is 9.59 Å². The van der Waals surface area contributed by atoms with Gasteiger partial charge in [0.2, 0.25) is 0 Å². The molecule has 0 unspecified atom stereocenters. The number of nitrogens with one attached hydrogen (secondary N) is 1. The maximum absolute atomic E-state index is 11.3. The van der Waals surface area contributed by atoms with Gasteiger partial charge in [0.15, 0.2) is 0 Å². The molecule has 1 aromatic carbocycles. The summed E-state index contributed by atoms with van der Waals surface area (Å²) in [5.74, 6) is 0.675. The molecule has 1 rings (SSSR count). The van der Waals surface area contributed by atoms with E-state index in [0.29, 0.717) is 5.92 Å². The highest BCUT2D eigenvalue weighted by atomic mass is 16.6. The maximum atomic E-state index is 11.3. The number of carbonyl (C=O) groups is 2. The first-order valence-electron chi connectivity index (χ1n) is 7.45. The van der Waals surface area contributed by atoms with Crippen LogP contribution in [0.3, 0.4) is 0 Å². The molecule has 23 heavy (non-hydrogen) atoms. The molecule has 128 valence electrons. The first kappa shape index (κ1) is 18.5. The minimum atomic E-state index is -0.585. The molecule has 6 nitrogen and oxygen atoms in total. The Morgan fingerprint density at radius 2 is 1.87 bits per heavy atom. The van der Waals surface area contributed by atoms with Gasteiger partial charge < -0.3 is 19.5 Å². The molecule has 0 atom stereocenters. The third-order valence-corrected chi connectivity index (χ3v) is 2.91. The van der Waals surface area contributed by atoms with Gasteiger partial charge in [0.05, 0.1) is 6.54 Å². The van der Waals surface area contributed by atoms with E-state index >= 15 is 0 Å². The number of alkyl carbamates (subject to hydrolysis) is 1. The van der Waals surface area contributed by atoms with E-state index in [1.165, 1.54) is 5.56 Å². The van der Waals surface area contributed by atoms with Crippen LogP contribution in [0.2, 0.25) is 0 Å². The second-order valence-corrected chi connectivity index (χ2v) is 5.01. The van der Waals surface area contributed by atoms with Crippen LogP contribution in [0.25, 0.3) is 0 Å². The van der Waals surface area contributed by atoms with Gasteiger partial charge in [-0.05, 0) is 23.6 Å². The number of hydrogen-bond donors (Lipinski definition) is 1. The van der Waals surface area contributed by atoms with Crippen molar-refractivity contribution in [1.29, 1.82) is 0 Å². The number of benzene rings is 1. The van der Waals surface area contributed by atoms with Crippen molar-refractivity contribution in [2.45, 2.75) is 19.8 Å². The Morgan fingerprint density at radius 3 is 2.48 bits per heavy atom. The predicted molar refractivity (Wildman–Crippen MR) is 88.6 cm³/mol. The quantitative estimate of drug-likeness (QED) is 0.430. The normalized spacial score (nSPS) is 10.0. The van der Waals surface area contributed by atoms with Crippen molar-refractivity contribution in [3.8, 4) is 5.75 Å². The molecule has 0 fully saturated rings. The fraction of sp³-hybridized carbons (Fsp3) is 0.412. The first-order chi connectivity index (χ1) is 11.0. The zero-order valence-corrected chi connectivity index (χ0v) is 13.5. The minimum Gasteiger partial charge on any atom is -0.490 e. The van der Waals surface area contributed by atoms with Gasteiger partial charge >= 0.3 is 12.1 Å².